The largest absolute Gasteiger partial charge is 0.497 e. The molecule has 1 fully saturated rings. The van der Waals surface area contributed by atoms with Crippen molar-refractivity contribution in [3.63, 3.8) is 0 Å². The number of hydrogen-bond donors (Lipinski definition) is 0. The molecule has 1 aliphatic rings. The zero-order chi connectivity index (χ0) is 21.0. The number of rotatable bonds is 5. The lowest BCUT2D eigenvalue weighted by Crippen LogP contribution is -2.51. The van der Waals surface area contributed by atoms with Crippen molar-refractivity contribution in [3.05, 3.63) is 23.5 Å². The summed E-state index contributed by atoms with van der Waals surface area (Å²) in [4.78, 5) is 4.89. The lowest BCUT2D eigenvalue weighted by atomic mass is 9.80. The van der Waals surface area contributed by atoms with Gasteiger partial charge in [0.1, 0.15) is 5.65 Å². The molecule has 2 aromatic rings. The molecule has 4 nitrogen and oxygen atoms in total. The van der Waals surface area contributed by atoms with Gasteiger partial charge in [0.25, 0.3) is 0 Å². The third-order valence-electron chi connectivity index (χ3n) is 6.84. The molecule has 7 heteroatoms. The van der Waals surface area contributed by atoms with Crippen molar-refractivity contribution in [1.82, 2.24) is 9.22 Å². The fourth-order valence-electron chi connectivity index (χ4n) is 5.27. The molecule has 0 aromatic carbocycles. The Morgan fingerprint density at radius 3 is 2.18 bits per heavy atom. The fraction of sp³-hybridized carbons (Fsp3) is 0.667. The van der Waals surface area contributed by atoms with E-state index in [1.54, 1.807) is 0 Å². The minimum atomic E-state index is -1.89. The predicted octanol–water partition coefficient (Wildman–Crippen LogP) is 5.62. The molecule has 0 bridgehead atoms. The molecular weight excluding hydrogens is 387 g/mol. The quantitative estimate of drug-likeness (QED) is 0.589. The van der Waals surface area contributed by atoms with Gasteiger partial charge in [-0.1, -0.05) is 53.1 Å². The topological polar surface area (TPSA) is 36.3 Å². The molecule has 1 aliphatic heterocycles. The lowest BCUT2D eigenvalue weighted by Gasteiger charge is -2.44. The van der Waals surface area contributed by atoms with Gasteiger partial charge in [0.15, 0.2) is 8.24 Å². The van der Waals surface area contributed by atoms with Crippen molar-refractivity contribution in [1.29, 1.82) is 0 Å². The number of hydrogen-bond acceptors (Lipinski definition) is 3. The predicted molar refractivity (Wildman–Crippen MR) is 122 cm³/mol. The van der Waals surface area contributed by atoms with Crippen LogP contribution in [-0.2, 0) is 9.31 Å². The summed E-state index contributed by atoms with van der Waals surface area (Å²) in [5, 5.41) is 1.68. The van der Waals surface area contributed by atoms with E-state index < -0.39 is 15.4 Å². The average molecular weight is 421 g/mol. The van der Waals surface area contributed by atoms with Gasteiger partial charge in [-0.05, 0) is 49.7 Å². The van der Waals surface area contributed by atoms with Crippen molar-refractivity contribution in [2.45, 2.75) is 90.6 Å². The first-order valence-corrected chi connectivity index (χ1v) is 13.0. The monoisotopic (exact) mass is 420 g/mol. The van der Waals surface area contributed by atoms with Crippen LogP contribution in [0.15, 0.2) is 18.5 Å². The Hall–Kier alpha value is -0.818. The SMILES string of the molecule is CC1OB(c2cnc3c(ccn3[Si](C(C)C)(C(C)C)C(C)C)c2Cl)OC1(C)C. The standard InChI is InChI=1S/C21H34BClN2O2Si/c1-13(2)28(14(3)4,15(5)6)25-11-10-17-19(23)18(12-24-20(17)25)22-26-16(7)21(8,9)27-22/h10-16H,1-9H3. The number of aromatic nitrogens is 2. The maximum atomic E-state index is 6.87. The van der Waals surface area contributed by atoms with Crippen LogP contribution in [0.1, 0.15) is 62.3 Å². The van der Waals surface area contributed by atoms with Gasteiger partial charge in [-0.3, -0.25) is 0 Å². The van der Waals surface area contributed by atoms with Gasteiger partial charge in [0, 0.05) is 17.0 Å². The summed E-state index contributed by atoms with van der Waals surface area (Å²) in [5.74, 6) is 0. The van der Waals surface area contributed by atoms with E-state index in [2.05, 4.69) is 58.0 Å². The van der Waals surface area contributed by atoms with Gasteiger partial charge in [0.05, 0.1) is 16.7 Å². The Morgan fingerprint density at radius 2 is 1.71 bits per heavy atom. The van der Waals surface area contributed by atoms with Crippen LogP contribution in [0.25, 0.3) is 11.0 Å². The second-order valence-corrected chi connectivity index (χ2v) is 15.7. The Morgan fingerprint density at radius 1 is 1.14 bits per heavy atom. The number of fused-ring (bicyclic) bond motifs is 1. The first-order chi connectivity index (χ1) is 12.9. The molecule has 1 saturated heterocycles. The van der Waals surface area contributed by atoms with Gasteiger partial charge in [-0.25, -0.2) is 4.98 Å². The van der Waals surface area contributed by atoms with Crippen molar-refractivity contribution < 1.29 is 9.31 Å². The molecule has 0 spiro atoms. The molecule has 2 aromatic heterocycles. The number of halogens is 1. The maximum absolute atomic E-state index is 6.87. The number of nitrogens with zero attached hydrogens (tertiary/aromatic N) is 2. The van der Waals surface area contributed by atoms with E-state index in [0.717, 1.165) is 16.5 Å². The smallest absolute Gasteiger partial charge is 0.402 e. The van der Waals surface area contributed by atoms with Crippen LogP contribution in [-0.4, -0.2) is 36.3 Å². The van der Waals surface area contributed by atoms with Gasteiger partial charge >= 0.3 is 7.12 Å². The van der Waals surface area contributed by atoms with Crippen LogP contribution in [0, 0.1) is 0 Å². The molecule has 3 heterocycles. The zero-order valence-corrected chi connectivity index (χ0v) is 20.5. The molecule has 1 atom stereocenters. The first kappa shape index (κ1) is 21.9. The van der Waals surface area contributed by atoms with Crippen LogP contribution in [0.4, 0.5) is 0 Å². The summed E-state index contributed by atoms with van der Waals surface area (Å²) in [6.45, 7) is 20.3. The average Bonchev–Trinajstić information content (AvgIpc) is 3.10. The van der Waals surface area contributed by atoms with Gasteiger partial charge in [-0.15, -0.1) is 0 Å². The minimum Gasteiger partial charge on any atom is -0.402 e. The van der Waals surface area contributed by atoms with Crippen LogP contribution in [0.2, 0.25) is 21.6 Å². The number of pyridine rings is 1. The van der Waals surface area contributed by atoms with Crippen molar-refractivity contribution in [2.75, 3.05) is 0 Å². The van der Waals surface area contributed by atoms with E-state index in [9.17, 15) is 0 Å². The highest BCUT2D eigenvalue weighted by Gasteiger charge is 2.47. The Balaban J connectivity index is 2.14. The molecule has 1 unspecified atom stereocenters. The van der Waals surface area contributed by atoms with Crippen molar-refractivity contribution >= 4 is 43.5 Å². The minimum absolute atomic E-state index is 0.00302. The van der Waals surface area contributed by atoms with Crippen LogP contribution in [0.3, 0.4) is 0 Å². The van der Waals surface area contributed by atoms with E-state index in [4.69, 9.17) is 25.9 Å². The first-order valence-electron chi connectivity index (χ1n) is 10.4. The third kappa shape index (κ3) is 3.17. The molecule has 28 heavy (non-hydrogen) atoms. The van der Waals surface area contributed by atoms with Gasteiger partial charge in [-0.2, -0.15) is 0 Å². The van der Waals surface area contributed by atoms with E-state index in [0.29, 0.717) is 21.6 Å². The summed E-state index contributed by atoms with van der Waals surface area (Å²) in [6, 6.07) is 2.12. The van der Waals surface area contributed by atoms with Crippen LogP contribution < -0.4 is 5.46 Å². The Kier molecular flexibility index (Phi) is 5.83. The van der Waals surface area contributed by atoms with E-state index >= 15 is 0 Å². The van der Waals surface area contributed by atoms with Crippen LogP contribution in [0.5, 0.6) is 0 Å². The van der Waals surface area contributed by atoms with Crippen molar-refractivity contribution in [3.8, 4) is 0 Å². The molecule has 0 N–H and O–H groups in total. The fourth-order valence-corrected chi connectivity index (χ4v) is 12.1. The summed E-state index contributed by atoms with van der Waals surface area (Å²) in [7, 11) is -2.36. The second-order valence-electron chi connectivity index (χ2n) is 9.63. The summed E-state index contributed by atoms with van der Waals surface area (Å²) >= 11 is 6.87. The molecule has 0 amide bonds. The highest BCUT2D eigenvalue weighted by molar-refractivity contribution is 6.82. The summed E-state index contributed by atoms with van der Waals surface area (Å²) < 4.78 is 14.6. The van der Waals surface area contributed by atoms with E-state index in [-0.39, 0.29) is 11.7 Å². The third-order valence-corrected chi connectivity index (χ3v) is 14.0. The summed E-state index contributed by atoms with van der Waals surface area (Å²) in [6.07, 6.45) is 4.06. The molecular formula is C21H34BClN2O2Si. The summed E-state index contributed by atoms with van der Waals surface area (Å²) in [5.41, 5.74) is 3.23. The molecule has 0 saturated carbocycles. The highest BCUT2D eigenvalue weighted by Crippen LogP contribution is 2.44. The van der Waals surface area contributed by atoms with E-state index in [1.807, 2.05) is 27.0 Å². The normalized spacial score (nSPS) is 20.3. The molecule has 3 rings (SSSR count). The maximum Gasteiger partial charge on any atom is 0.497 e. The Bertz CT molecular complexity index is 844. The zero-order valence-electron chi connectivity index (χ0n) is 18.7. The highest BCUT2D eigenvalue weighted by atomic mass is 35.5. The van der Waals surface area contributed by atoms with Gasteiger partial charge in [0.2, 0.25) is 0 Å². The van der Waals surface area contributed by atoms with Crippen molar-refractivity contribution in [2.24, 2.45) is 0 Å². The van der Waals surface area contributed by atoms with Gasteiger partial charge < -0.3 is 13.5 Å². The lowest BCUT2D eigenvalue weighted by molar-refractivity contribution is 0.0842. The van der Waals surface area contributed by atoms with Crippen LogP contribution >= 0.6 is 11.6 Å². The molecule has 154 valence electrons. The second kappa shape index (κ2) is 7.46. The molecule has 0 aliphatic carbocycles. The van der Waals surface area contributed by atoms with E-state index in [1.165, 1.54) is 0 Å². The Labute approximate surface area is 176 Å². The molecule has 0 radical (unpaired) electrons.